The van der Waals surface area contributed by atoms with Crippen molar-refractivity contribution in [2.75, 3.05) is 0 Å². The molecule has 0 aromatic heterocycles. The number of hydrogen-bond acceptors (Lipinski definition) is 0. The summed E-state index contributed by atoms with van der Waals surface area (Å²) in [7, 11) is 0. The molecule has 7 aliphatic rings. The highest BCUT2D eigenvalue weighted by Gasteiger charge is 2.67. The molecule has 6 bridgehead atoms. The molecule has 0 spiro atoms. The third-order valence-electron chi connectivity index (χ3n) is 9.57. The fourth-order valence-corrected chi connectivity index (χ4v) is 9.49. The first-order valence-electron chi connectivity index (χ1n) is 9.64. The lowest BCUT2D eigenvalue weighted by atomic mass is 9.65. The molecule has 0 N–H and O–H groups in total. The average molecular weight is 266 g/mol. The van der Waals surface area contributed by atoms with Crippen LogP contribution in [0, 0.1) is 59.2 Å². The Morgan fingerprint density at radius 3 is 2.35 bits per heavy atom. The van der Waals surface area contributed by atoms with E-state index in [1.807, 2.05) is 0 Å². The average Bonchev–Trinajstić information content (AvgIpc) is 3.22. The lowest BCUT2D eigenvalue weighted by Crippen LogP contribution is -2.33. The van der Waals surface area contributed by atoms with Crippen molar-refractivity contribution in [3.8, 4) is 0 Å². The fourth-order valence-electron chi connectivity index (χ4n) is 9.49. The molecule has 0 radical (unpaired) electrons. The number of rotatable bonds is 0. The van der Waals surface area contributed by atoms with Gasteiger partial charge in [-0.3, -0.25) is 0 Å². The van der Waals surface area contributed by atoms with Crippen molar-refractivity contribution in [3.05, 3.63) is 11.1 Å². The van der Waals surface area contributed by atoms with Gasteiger partial charge in [0.1, 0.15) is 0 Å². The highest BCUT2D eigenvalue weighted by molar-refractivity contribution is 5.41. The van der Waals surface area contributed by atoms with Gasteiger partial charge < -0.3 is 0 Å². The van der Waals surface area contributed by atoms with Gasteiger partial charge in [0.2, 0.25) is 0 Å². The third kappa shape index (κ3) is 0.914. The Morgan fingerprint density at radius 2 is 1.40 bits per heavy atom. The molecule has 0 heteroatoms. The summed E-state index contributed by atoms with van der Waals surface area (Å²) in [6, 6.07) is 0. The molecule has 0 nitrogen and oxygen atoms in total. The van der Waals surface area contributed by atoms with Gasteiger partial charge in [-0.15, -0.1) is 0 Å². The van der Waals surface area contributed by atoms with Crippen LogP contribution in [0.15, 0.2) is 11.1 Å². The van der Waals surface area contributed by atoms with Crippen molar-refractivity contribution in [3.63, 3.8) is 0 Å². The maximum atomic E-state index is 2.14. The van der Waals surface area contributed by atoms with Crippen molar-refractivity contribution < 1.29 is 0 Å². The second-order valence-corrected chi connectivity index (χ2v) is 9.62. The highest BCUT2D eigenvalue weighted by atomic mass is 14.7. The van der Waals surface area contributed by atoms with Crippen LogP contribution >= 0.6 is 0 Å². The number of hydrogen-bond donors (Lipinski definition) is 0. The minimum atomic E-state index is 1.08. The van der Waals surface area contributed by atoms with Crippen LogP contribution in [0.1, 0.15) is 51.4 Å². The molecule has 7 rings (SSSR count). The fraction of sp³-hybridized carbons (Fsp3) is 0.900. The van der Waals surface area contributed by atoms with E-state index >= 15 is 0 Å². The molecule has 0 amide bonds. The van der Waals surface area contributed by atoms with Crippen LogP contribution < -0.4 is 0 Å². The van der Waals surface area contributed by atoms with E-state index in [1.165, 1.54) is 29.6 Å². The van der Waals surface area contributed by atoms with E-state index in [4.69, 9.17) is 0 Å². The van der Waals surface area contributed by atoms with E-state index in [0.29, 0.717) is 0 Å². The van der Waals surface area contributed by atoms with Gasteiger partial charge >= 0.3 is 0 Å². The van der Waals surface area contributed by atoms with Gasteiger partial charge in [0, 0.05) is 0 Å². The van der Waals surface area contributed by atoms with Gasteiger partial charge in [-0.1, -0.05) is 11.1 Å². The molecule has 7 aliphatic carbocycles. The quantitative estimate of drug-likeness (QED) is 0.442. The van der Waals surface area contributed by atoms with Gasteiger partial charge in [0.05, 0.1) is 0 Å². The maximum absolute atomic E-state index is 2.14. The lowest BCUT2D eigenvalue weighted by molar-refractivity contribution is 0.137. The van der Waals surface area contributed by atoms with Crippen LogP contribution in [-0.2, 0) is 0 Å². The standard InChI is InChI=1S/C20H26/c1-2-10-5-9(1)13-7-15-14-8-16(20(15)17(10)13)19-12-4-3-11(6-12)18(14)19/h9-16,18-19H,1-8H2. The Balaban J connectivity index is 1.39. The first-order chi connectivity index (χ1) is 9.90. The zero-order valence-electron chi connectivity index (χ0n) is 12.4. The first-order valence-corrected chi connectivity index (χ1v) is 9.64. The van der Waals surface area contributed by atoms with Crippen LogP contribution in [-0.4, -0.2) is 0 Å². The summed E-state index contributed by atoms with van der Waals surface area (Å²) < 4.78 is 0. The normalized spacial score (nSPS) is 67.2. The molecule has 0 aromatic carbocycles. The molecule has 0 aromatic rings. The van der Waals surface area contributed by atoms with Crippen molar-refractivity contribution >= 4 is 0 Å². The summed E-state index contributed by atoms with van der Waals surface area (Å²) in [6.07, 6.45) is 12.9. The SMILES string of the molecule is C1CC2CC1C1=C3C(CC12)C1CC3C2C3CCC(C3)C12. The van der Waals surface area contributed by atoms with Crippen LogP contribution in [0.2, 0.25) is 0 Å². The van der Waals surface area contributed by atoms with Gasteiger partial charge in [0.15, 0.2) is 0 Å². The summed E-state index contributed by atoms with van der Waals surface area (Å²) in [5.41, 5.74) is 4.25. The molecular formula is C20H26. The molecule has 20 heavy (non-hydrogen) atoms. The van der Waals surface area contributed by atoms with Gasteiger partial charge in [-0.25, -0.2) is 0 Å². The smallest absolute Gasteiger partial charge is 0.0160 e. The highest BCUT2D eigenvalue weighted by Crippen LogP contribution is 2.75. The largest absolute Gasteiger partial charge is 0.0639 e. The lowest BCUT2D eigenvalue weighted by Gasteiger charge is -2.39. The maximum Gasteiger partial charge on any atom is -0.0160 e. The molecule has 10 unspecified atom stereocenters. The van der Waals surface area contributed by atoms with E-state index in [0.717, 1.165) is 29.6 Å². The molecule has 6 saturated carbocycles. The van der Waals surface area contributed by atoms with Crippen LogP contribution in [0.4, 0.5) is 0 Å². The van der Waals surface area contributed by atoms with E-state index in [1.54, 1.807) is 51.4 Å². The summed E-state index contributed by atoms with van der Waals surface area (Å²) in [4.78, 5) is 0. The summed E-state index contributed by atoms with van der Waals surface area (Å²) >= 11 is 0. The van der Waals surface area contributed by atoms with Crippen LogP contribution in [0.25, 0.3) is 0 Å². The minimum Gasteiger partial charge on any atom is -0.0639 e. The van der Waals surface area contributed by atoms with Crippen LogP contribution in [0.5, 0.6) is 0 Å². The second kappa shape index (κ2) is 3.08. The summed E-state index contributed by atoms with van der Waals surface area (Å²) in [5.74, 6) is 11.5. The van der Waals surface area contributed by atoms with Crippen molar-refractivity contribution in [1.29, 1.82) is 0 Å². The Morgan fingerprint density at radius 1 is 0.550 bits per heavy atom. The summed E-state index contributed by atoms with van der Waals surface area (Å²) in [6.45, 7) is 0. The minimum absolute atomic E-state index is 1.08. The van der Waals surface area contributed by atoms with E-state index in [9.17, 15) is 0 Å². The van der Waals surface area contributed by atoms with Gasteiger partial charge in [-0.05, 0) is 111 Å². The third-order valence-corrected chi connectivity index (χ3v) is 9.57. The summed E-state index contributed by atoms with van der Waals surface area (Å²) in [5, 5.41) is 0. The van der Waals surface area contributed by atoms with E-state index in [-0.39, 0.29) is 0 Å². The predicted octanol–water partition coefficient (Wildman–Crippen LogP) is 4.66. The Bertz CT molecular complexity index is 542. The first kappa shape index (κ1) is 10.5. The van der Waals surface area contributed by atoms with Crippen molar-refractivity contribution in [2.45, 2.75) is 51.4 Å². The molecule has 6 fully saturated rings. The molecule has 0 aliphatic heterocycles. The zero-order chi connectivity index (χ0) is 12.6. The molecule has 0 saturated heterocycles. The molecule has 10 atom stereocenters. The Hall–Kier alpha value is -0.260. The van der Waals surface area contributed by atoms with E-state index < -0.39 is 0 Å². The molecular weight excluding hydrogens is 240 g/mol. The van der Waals surface area contributed by atoms with Crippen molar-refractivity contribution in [2.24, 2.45) is 59.2 Å². The van der Waals surface area contributed by atoms with E-state index in [2.05, 4.69) is 11.1 Å². The topological polar surface area (TPSA) is 0 Å². The number of fused-ring (bicyclic) bond motifs is 17. The predicted molar refractivity (Wildman–Crippen MR) is 78.9 cm³/mol. The Kier molecular flexibility index (Phi) is 1.61. The van der Waals surface area contributed by atoms with Gasteiger partial charge in [0.25, 0.3) is 0 Å². The monoisotopic (exact) mass is 266 g/mol. The molecule has 0 heterocycles. The zero-order valence-corrected chi connectivity index (χ0v) is 12.4. The second-order valence-electron chi connectivity index (χ2n) is 9.62. The van der Waals surface area contributed by atoms with Crippen LogP contribution in [0.3, 0.4) is 0 Å². The Labute approximate surface area is 122 Å². The van der Waals surface area contributed by atoms with Gasteiger partial charge in [-0.2, -0.15) is 0 Å². The van der Waals surface area contributed by atoms with Crippen molar-refractivity contribution in [1.82, 2.24) is 0 Å². The molecule has 106 valence electrons. The number of allylic oxidation sites excluding steroid dienone is 2.